The molecule has 0 radical (unpaired) electrons. The molecule has 3 rings (SSSR count). The fourth-order valence-corrected chi connectivity index (χ4v) is 4.24. The molecule has 1 unspecified atom stereocenters. The summed E-state index contributed by atoms with van der Waals surface area (Å²) in [5, 5.41) is 3.23. The van der Waals surface area contributed by atoms with Crippen molar-refractivity contribution < 1.29 is 15.2 Å². The molecule has 0 aliphatic carbocycles. The molecule has 3 aromatic carbocycles. The van der Waals surface area contributed by atoms with Gasteiger partial charge in [-0.3, -0.25) is 0 Å². The molecule has 0 aliphatic heterocycles. The number of hydrogen-bond acceptors (Lipinski definition) is 3. The van der Waals surface area contributed by atoms with Crippen LogP contribution in [0.1, 0.15) is 25.5 Å². The van der Waals surface area contributed by atoms with Crippen LogP contribution >= 0.6 is 6.49 Å². The fraction of sp³-hybridized carbons (Fsp3) is 0.200. The first-order valence-corrected chi connectivity index (χ1v) is 10.9. The highest BCUT2D eigenvalue weighted by atomic mass is 32.5. The number of quaternary nitrogens is 1. The van der Waals surface area contributed by atoms with Crippen LogP contribution in [0.25, 0.3) is 10.8 Å². The van der Waals surface area contributed by atoms with E-state index in [2.05, 4.69) is 55.1 Å². The lowest BCUT2D eigenvalue weighted by molar-refractivity contribution is -0.420. The molecular weight excluding hydrogens is 349 g/mol. The van der Waals surface area contributed by atoms with E-state index in [0.29, 0.717) is 18.0 Å². The van der Waals surface area contributed by atoms with E-state index in [0.717, 1.165) is 0 Å². The van der Waals surface area contributed by atoms with Gasteiger partial charge >= 0.3 is 0 Å². The van der Waals surface area contributed by atoms with Crippen LogP contribution in [-0.2, 0) is 16.3 Å². The standard InChI is InChI=1S/C12H13N.C8H11O2PS/c1-9(13)11-8-4-6-10-5-2-3-7-12(10)11;1-2-10-11(9,12)8-6-4-3-5-7-8/h2-9H,13H2,1H3;3-7H,2H2,1H3,(H,9,12)/t9-;/m1./s1. The van der Waals surface area contributed by atoms with Crippen LogP contribution in [0, 0.1) is 0 Å². The molecule has 0 fully saturated rings. The van der Waals surface area contributed by atoms with Gasteiger partial charge in [0.15, 0.2) is 0 Å². The van der Waals surface area contributed by atoms with E-state index in [1.807, 2.05) is 6.07 Å². The van der Waals surface area contributed by atoms with Crippen molar-refractivity contribution in [1.82, 2.24) is 0 Å². The number of fused-ring (bicyclic) bond motifs is 1. The topological polar surface area (TPSA) is 59.9 Å². The van der Waals surface area contributed by atoms with Crippen molar-refractivity contribution in [1.29, 1.82) is 0 Å². The molecule has 132 valence electrons. The van der Waals surface area contributed by atoms with Gasteiger partial charge in [0.25, 0.3) is 0 Å². The van der Waals surface area contributed by atoms with Crippen molar-refractivity contribution in [3.63, 3.8) is 0 Å². The maximum atomic E-state index is 11.6. The van der Waals surface area contributed by atoms with E-state index in [-0.39, 0.29) is 0 Å². The molecule has 0 aromatic heterocycles. The predicted octanol–water partition coefficient (Wildman–Crippen LogP) is 3.16. The van der Waals surface area contributed by atoms with Crippen LogP contribution in [0.2, 0.25) is 0 Å². The van der Waals surface area contributed by atoms with Crippen molar-refractivity contribution in [2.75, 3.05) is 6.61 Å². The van der Waals surface area contributed by atoms with Crippen LogP contribution in [0.3, 0.4) is 0 Å². The number of hydrogen-bond donors (Lipinski definition) is 1. The highest BCUT2D eigenvalue weighted by Crippen LogP contribution is 2.35. The summed E-state index contributed by atoms with van der Waals surface area (Å²) < 4.78 is 4.99. The molecule has 0 spiro atoms. The summed E-state index contributed by atoms with van der Waals surface area (Å²) in [5.41, 5.74) is 5.39. The Labute approximate surface area is 154 Å². The molecule has 0 aliphatic rings. The fourth-order valence-electron chi connectivity index (χ4n) is 2.54. The number of benzene rings is 3. The second-order valence-electron chi connectivity index (χ2n) is 5.72. The highest BCUT2D eigenvalue weighted by molar-refractivity contribution is 8.12. The third-order valence-electron chi connectivity index (χ3n) is 3.73. The van der Waals surface area contributed by atoms with Gasteiger partial charge in [0.1, 0.15) is 6.04 Å². The number of rotatable bonds is 4. The van der Waals surface area contributed by atoms with E-state index in [1.54, 1.807) is 31.2 Å². The summed E-state index contributed by atoms with van der Waals surface area (Å²) >= 11 is 4.84. The van der Waals surface area contributed by atoms with Crippen molar-refractivity contribution in [2.45, 2.75) is 19.9 Å². The van der Waals surface area contributed by atoms with Crippen LogP contribution in [-0.4, -0.2) is 6.61 Å². The molecule has 5 heteroatoms. The molecule has 0 amide bonds. The monoisotopic (exact) mass is 373 g/mol. The zero-order valence-electron chi connectivity index (χ0n) is 14.6. The van der Waals surface area contributed by atoms with Gasteiger partial charge in [-0.1, -0.05) is 84.6 Å². The van der Waals surface area contributed by atoms with E-state index in [9.17, 15) is 4.89 Å². The van der Waals surface area contributed by atoms with Gasteiger partial charge in [-0.2, -0.15) is 0 Å². The smallest absolute Gasteiger partial charge is 0.108 e. The molecule has 2 atom stereocenters. The van der Waals surface area contributed by atoms with Gasteiger partial charge in [0, 0.05) is 18.7 Å². The first-order chi connectivity index (χ1) is 12.0. The first kappa shape index (κ1) is 19.8. The van der Waals surface area contributed by atoms with Gasteiger partial charge < -0.3 is 15.2 Å². The first-order valence-electron chi connectivity index (χ1n) is 8.27. The Morgan fingerprint density at radius 1 is 1.00 bits per heavy atom. The Balaban J connectivity index is 0.000000181. The summed E-state index contributed by atoms with van der Waals surface area (Å²) in [5.74, 6) is 0. The second-order valence-corrected chi connectivity index (χ2v) is 8.93. The lowest BCUT2D eigenvalue weighted by atomic mass is 10.0. The molecule has 0 bridgehead atoms. The lowest BCUT2D eigenvalue weighted by Crippen LogP contribution is -2.51. The molecule has 0 saturated heterocycles. The Hall–Kier alpha value is -1.55. The molecular formula is C20H24NO2PS. The summed E-state index contributed by atoms with van der Waals surface area (Å²) in [6.07, 6.45) is 0. The normalized spacial score (nSPS) is 14.2. The lowest BCUT2D eigenvalue weighted by Gasteiger charge is -2.27. The largest absolute Gasteiger partial charge is 0.797 e. The summed E-state index contributed by atoms with van der Waals surface area (Å²) in [4.78, 5) is 11.6. The third-order valence-corrected chi connectivity index (χ3v) is 6.20. The van der Waals surface area contributed by atoms with Crippen LogP contribution in [0.4, 0.5) is 0 Å². The van der Waals surface area contributed by atoms with Crippen LogP contribution < -0.4 is 15.9 Å². The SMILES string of the molecule is CCOP([O-])(=S)c1ccccc1.C[C@@H]([NH3+])c1cccc2ccccc12. The van der Waals surface area contributed by atoms with Crippen LogP contribution in [0.5, 0.6) is 0 Å². The summed E-state index contributed by atoms with van der Waals surface area (Å²) in [7, 11) is 0. The molecule has 25 heavy (non-hydrogen) atoms. The quantitative estimate of drug-likeness (QED) is 0.715. The zero-order chi connectivity index (χ0) is 18.3. The summed E-state index contributed by atoms with van der Waals surface area (Å²) in [6, 6.07) is 24.1. The van der Waals surface area contributed by atoms with Crippen LogP contribution in [0.15, 0.2) is 72.8 Å². The Kier molecular flexibility index (Phi) is 7.30. The van der Waals surface area contributed by atoms with E-state index in [4.69, 9.17) is 16.3 Å². The van der Waals surface area contributed by atoms with Crippen molar-refractivity contribution in [3.05, 3.63) is 78.4 Å². The average Bonchev–Trinajstić information content (AvgIpc) is 2.62. The van der Waals surface area contributed by atoms with Gasteiger partial charge in [-0.25, -0.2) is 0 Å². The minimum atomic E-state index is -2.96. The molecule has 0 saturated carbocycles. The molecule has 0 heterocycles. The highest BCUT2D eigenvalue weighted by Gasteiger charge is 2.06. The van der Waals surface area contributed by atoms with Gasteiger partial charge in [-0.15, -0.1) is 0 Å². The third kappa shape index (κ3) is 5.46. The minimum Gasteiger partial charge on any atom is -0.797 e. The molecule has 3 nitrogen and oxygen atoms in total. The van der Waals surface area contributed by atoms with Crippen molar-refractivity contribution >= 4 is 34.4 Å². The second kappa shape index (κ2) is 9.23. The van der Waals surface area contributed by atoms with Crippen molar-refractivity contribution in [2.24, 2.45) is 0 Å². The Bertz CT molecular complexity index is 847. The maximum Gasteiger partial charge on any atom is 0.108 e. The van der Waals surface area contributed by atoms with Gasteiger partial charge in [0.05, 0.1) is 0 Å². The van der Waals surface area contributed by atoms with E-state index in [1.165, 1.54) is 16.3 Å². The maximum absolute atomic E-state index is 11.6. The Morgan fingerprint density at radius 3 is 2.24 bits per heavy atom. The average molecular weight is 373 g/mol. The molecule has 3 aromatic rings. The van der Waals surface area contributed by atoms with Gasteiger partial charge in [-0.05, 0) is 29.9 Å². The minimum absolute atomic E-state index is 0.353. The predicted molar refractivity (Wildman–Crippen MR) is 107 cm³/mol. The van der Waals surface area contributed by atoms with E-state index >= 15 is 0 Å². The Morgan fingerprint density at radius 2 is 1.60 bits per heavy atom. The van der Waals surface area contributed by atoms with E-state index < -0.39 is 6.49 Å². The van der Waals surface area contributed by atoms with Gasteiger partial charge in [0.2, 0.25) is 0 Å². The molecule has 3 N–H and O–H groups in total. The van der Waals surface area contributed by atoms with Crippen molar-refractivity contribution in [3.8, 4) is 0 Å². The zero-order valence-corrected chi connectivity index (χ0v) is 16.3. The summed E-state index contributed by atoms with van der Waals surface area (Å²) in [6.45, 7) is 1.33.